The Morgan fingerprint density at radius 2 is 0.548 bits per heavy atom. The van der Waals surface area contributed by atoms with Crippen LogP contribution < -0.4 is 0 Å². The number of carbonyl (C=O) groups excluding carboxylic acids is 4. The lowest BCUT2D eigenvalue weighted by atomic mass is 10.0. The van der Waals surface area contributed by atoms with Gasteiger partial charge >= 0.3 is 39.5 Å². The van der Waals surface area contributed by atoms with Crippen LogP contribution in [0.25, 0.3) is 0 Å². The molecule has 84 heavy (non-hydrogen) atoms. The number of phosphoric acid groups is 2. The summed E-state index contributed by atoms with van der Waals surface area (Å²) in [6.07, 6.45) is 37.6. The minimum atomic E-state index is -4.95. The first-order valence-corrected chi connectivity index (χ1v) is 36.8. The van der Waals surface area contributed by atoms with Gasteiger partial charge in [-0.25, -0.2) is 9.13 Å². The largest absolute Gasteiger partial charge is 0.472 e. The number of unbranched alkanes of at least 4 members (excludes halogenated alkanes) is 31. The molecular weight excluding hydrogens is 1110 g/mol. The molecule has 0 aromatic heterocycles. The van der Waals surface area contributed by atoms with Crippen molar-refractivity contribution in [3.05, 3.63) is 0 Å². The molecule has 0 heterocycles. The van der Waals surface area contributed by atoms with Crippen molar-refractivity contribution in [1.82, 2.24) is 0 Å². The summed E-state index contributed by atoms with van der Waals surface area (Å²) < 4.78 is 68.0. The molecule has 498 valence electrons. The van der Waals surface area contributed by atoms with E-state index in [2.05, 4.69) is 48.5 Å². The van der Waals surface area contributed by atoms with Gasteiger partial charge in [-0.2, -0.15) is 0 Å². The van der Waals surface area contributed by atoms with E-state index in [-0.39, 0.29) is 25.7 Å². The first-order valence-electron chi connectivity index (χ1n) is 33.8. The Morgan fingerprint density at radius 1 is 0.321 bits per heavy atom. The highest BCUT2D eigenvalue weighted by molar-refractivity contribution is 7.47. The number of phosphoric ester groups is 2. The maximum atomic E-state index is 13.0. The van der Waals surface area contributed by atoms with Gasteiger partial charge in [-0.15, -0.1) is 0 Å². The molecule has 0 aliphatic rings. The van der Waals surface area contributed by atoms with Crippen molar-refractivity contribution in [2.45, 2.75) is 336 Å². The fraction of sp³-hybridized carbons (Fsp3) is 0.938. The number of aliphatic hydroxyl groups is 1. The molecule has 0 aromatic carbocycles. The van der Waals surface area contributed by atoms with Crippen LogP contribution in [-0.4, -0.2) is 96.7 Å². The van der Waals surface area contributed by atoms with E-state index in [1.165, 1.54) is 128 Å². The Kier molecular flexibility index (Phi) is 55.0. The lowest BCUT2D eigenvalue weighted by Gasteiger charge is -2.21. The van der Waals surface area contributed by atoms with E-state index in [9.17, 15) is 43.2 Å². The quantitative estimate of drug-likeness (QED) is 0.0222. The van der Waals surface area contributed by atoms with E-state index < -0.39 is 97.5 Å². The van der Waals surface area contributed by atoms with E-state index in [1.807, 2.05) is 0 Å². The molecule has 2 unspecified atom stereocenters. The second kappa shape index (κ2) is 56.3. The molecule has 5 atom stereocenters. The van der Waals surface area contributed by atoms with Crippen molar-refractivity contribution in [3.63, 3.8) is 0 Å². The third-order valence-electron chi connectivity index (χ3n) is 14.9. The molecule has 17 nitrogen and oxygen atoms in total. The number of ether oxygens (including phenoxy) is 4. The number of carbonyl (C=O) groups is 4. The molecule has 0 bridgehead atoms. The second-order valence-electron chi connectivity index (χ2n) is 24.9. The Labute approximate surface area is 511 Å². The molecule has 0 amide bonds. The van der Waals surface area contributed by atoms with Crippen LogP contribution in [-0.2, 0) is 65.4 Å². The SMILES string of the molecule is CCCCCCCCCCCCC(=O)OC[C@H](COP(=O)(O)OC[C@H](O)COP(=O)(O)OC[C@@H](COC(=O)CCCCCCCCCCC(C)C)OC(=O)CCCCCCCCCCCCC(C)C)OC(=O)CCCCCCCCCC(C)C. The maximum Gasteiger partial charge on any atom is 0.472 e. The lowest BCUT2D eigenvalue weighted by molar-refractivity contribution is -0.161. The Balaban J connectivity index is 5.25. The van der Waals surface area contributed by atoms with Crippen LogP contribution in [0.3, 0.4) is 0 Å². The van der Waals surface area contributed by atoms with Gasteiger partial charge in [0.2, 0.25) is 0 Å². The van der Waals surface area contributed by atoms with Crippen molar-refractivity contribution in [3.8, 4) is 0 Å². The van der Waals surface area contributed by atoms with Gasteiger partial charge in [-0.1, -0.05) is 267 Å². The van der Waals surface area contributed by atoms with Crippen LogP contribution in [0.2, 0.25) is 0 Å². The van der Waals surface area contributed by atoms with Crippen molar-refractivity contribution in [1.29, 1.82) is 0 Å². The van der Waals surface area contributed by atoms with Gasteiger partial charge in [-0.05, 0) is 43.4 Å². The topological polar surface area (TPSA) is 237 Å². The fourth-order valence-electron chi connectivity index (χ4n) is 9.66. The molecule has 0 radical (unpaired) electrons. The molecule has 0 fully saturated rings. The zero-order valence-corrected chi connectivity index (χ0v) is 56.1. The maximum absolute atomic E-state index is 13.0. The number of hydrogen-bond donors (Lipinski definition) is 3. The van der Waals surface area contributed by atoms with Crippen molar-refractivity contribution in [2.24, 2.45) is 17.8 Å². The minimum Gasteiger partial charge on any atom is -0.462 e. The summed E-state index contributed by atoms with van der Waals surface area (Å²) >= 11 is 0. The molecule has 0 aromatic rings. The predicted octanol–water partition coefficient (Wildman–Crippen LogP) is 17.9. The molecule has 0 saturated carbocycles. The summed E-state index contributed by atoms with van der Waals surface area (Å²) in [7, 11) is -9.89. The van der Waals surface area contributed by atoms with Crippen LogP contribution in [0.5, 0.6) is 0 Å². The smallest absolute Gasteiger partial charge is 0.462 e. The van der Waals surface area contributed by atoms with Crippen LogP contribution in [0, 0.1) is 17.8 Å². The lowest BCUT2D eigenvalue weighted by Crippen LogP contribution is -2.30. The van der Waals surface area contributed by atoms with Gasteiger partial charge in [0.05, 0.1) is 26.4 Å². The molecule has 0 rings (SSSR count). The summed E-state index contributed by atoms with van der Waals surface area (Å²) in [5.41, 5.74) is 0. The van der Waals surface area contributed by atoms with E-state index >= 15 is 0 Å². The van der Waals surface area contributed by atoms with E-state index in [1.54, 1.807) is 0 Å². The molecule has 19 heteroatoms. The van der Waals surface area contributed by atoms with Crippen molar-refractivity contribution in [2.75, 3.05) is 39.6 Å². The Morgan fingerprint density at radius 3 is 0.810 bits per heavy atom. The normalized spacial score (nSPS) is 14.3. The van der Waals surface area contributed by atoms with Gasteiger partial charge in [-0.3, -0.25) is 37.3 Å². The summed E-state index contributed by atoms with van der Waals surface area (Å²) in [5.74, 6) is 0.0378. The van der Waals surface area contributed by atoms with Crippen LogP contribution in [0.15, 0.2) is 0 Å². The summed E-state index contributed by atoms with van der Waals surface area (Å²) in [4.78, 5) is 72.2. The second-order valence-corrected chi connectivity index (χ2v) is 27.8. The first kappa shape index (κ1) is 82.1. The third-order valence-corrected chi connectivity index (χ3v) is 16.8. The van der Waals surface area contributed by atoms with Gasteiger partial charge < -0.3 is 33.8 Å². The average molecular weight is 1240 g/mol. The van der Waals surface area contributed by atoms with E-state index in [0.29, 0.717) is 31.6 Å². The molecule has 0 aliphatic carbocycles. The zero-order chi connectivity index (χ0) is 62.4. The number of hydrogen-bond acceptors (Lipinski definition) is 15. The first-order chi connectivity index (χ1) is 40.2. The Hall–Kier alpha value is -1.94. The highest BCUT2D eigenvalue weighted by atomic mass is 31.2. The Bertz CT molecular complexity index is 1660. The zero-order valence-electron chi connectivity index (χ0n) is 54.4. The average Bonchev–Trinajstić information content (AvgIpc) is 3.46. The third kappa shape index (κ3) is 59.0. The van der Waals surface area contributed by atoms with Gasteiger partial charge in [0.25, 0.3) is 0 Å². The molecule has 0 aliphatic heterocycles. The van der Waals surface area contributed by atoms with Crippen LogP contribution in [0.4, 0.5) is 0 Å². The highest BCUT2D eigenvalue weighted by Gasteiger charge is 2.30. The van der Waals surface area contributed by atoms with Crippen molar-refractivity contribution >= 4 is 39.5 Å². The van der Waals surface area contributed by atoms with Gasteiger partial charge in [0.1, 0.15) is 19.3 Å². The van der Waals surface area contributed by atoms with Crippen LogP contribution >= 0.6 is 15.6 Å². The van der Waals surface area contributed by atoms with Gasteiger partial charge in [0, 0.05) is 25.7 Å². The molecule has 3 N–H and O–H groups in total. The van der Waals surface area contributed by atoms with E-state index in [4.69, 9.17) is 37.0 Å². The van der Waals surface area contributed by atoms with Gasteiger partial charge in [0.15, 0.2) is 12.2 Å². The summed E-state index contributed by atoms with van der Waals surface area (Å²) in [6, 6.07) is 0. The molecule has 0 saturated heterocycles. The number of aliphatic hydroxyl groups excluding tert-OH is 1. The van der Waals surface area contributed by atoms with E-state index in [0.717, 1.165) is 102 Å². The van der Waals surface area contributed by atoms with Crippen molar-refractivity contribution < 1.29 is 80.2 Å². The predicted molar refractivity (Wildman–Crippen MR) is 335 cm³/mol. The highest BCUT2D eigenvalue weighted by Crippen LogP contribution is 2.45. The standard InChI is InChI=1S/C65H126O17P2/c1-8-9-10-11-12-13-17-25-32-39-46-62(67)75-53-61(82-65(70)49-42-35-28-21-24-31-38-45-58(6)7)55-80-84(73,74)78-51-59(66)50-77-83(71,72)79-54-60(52-76-63(68)47-40-33-26-20-19-23-30-37-44-57(4)5)81-64(69)48-41-34-27-18-15-14-16-22-29-36-43-56(2)3/h56-61,66H,8-55H2,1-7H3,(H,71,72)(H,73,74)/t59-,60-,61-/m1/s1. The summed E-state index contributed by atoms with van der Waals surface area (Å²) in [5, 5.41) is 10.5. The number of rotatable bonds is 63. The fourth-order valence-corrected chi connectivity index (χ4v) is 11.2. The monoisotopic (exact) mass is 1240 g/mol. The minimum absolute atomic E-state index is 0.103. The molecule has 0 spiro atoms. The van der Waals surface area contributed by atoms with Crippen LogP contribution in [0.1, 0.15) is 318 Å². The summed E-state index contributed by atoms with van der Waals surface area (Å²) in [6.45, 7) is 11.7. The molecular formula is C65H126O17P2. The number of esters is 4.